The van der Waals surface area contributed by atoms with E-state index in [0.717, 1.165) is 31.7 Å². The maximum Gasteiger partial charge on any atom is 0.488 e. The van der Waals surface area contributed by atoms with Crippen LogP contribution in [0.4, 0.5) is 9.18 Å². The standard InChI is InChI=1S/C18H27BFNO5/c1-18(2,3)26-17(22)21(14-6-4-5-7-14)10-11-25-16-9-8-13(19(23)24)12-15(16)20/h8-9,12,14,23-24H,4-7,10-11H2,1-3H3. The minimum Gasteiger partial charge on any atom is -0.489 e. The van der Waals surface area contributed by atoms with E-state index >= 15 is 0 Å². The predicted octanol–water partition coefficient (Wildman–Crippen LogP) is 2.06. The van der Waals surface area contributed by atoms with Crippen LogP contribution in [0.15, 0.2) is 18.2 Å². The van der Waals surface area contributed by atoms with E-state index in [-0.39, 0.29) is 30.0 Å². The third-order valence-electron chi connectivity index (χ3n) is 4.24. The molecule has 0 aromatic heterocycles. The summed E-state index contributed by atoms with van der Waals surface area (Å²) in [7, 11) is -1.73. The Morgan fingerprint density at radius 2 is 1.96 bits per heavy atom. The first-order chi connectivity index (χ1) is 12.2. The number of benzene rings is 1. The fourth-order valence-electron chi connectivity index (χ4n) is 3.01. The van der Waals surface area contributed by atoms with Gasteiger partial charge in [0.25, 0.3) is 0 Å². The summed E-state index contributed by atoms with van der Waals surface area (Å²) in [6.07, 6.45) is 3.62. The van der Waals surface area contributed by atoms with Gasteiger partial charge in [-0.1, -0.05) is 18.9 Å². The van der Waals surface area contributed by atoms with E-state index in [4.69, 9.17) is 19.5 Å². The molecule has 1 aromatic carbocycles. The van der Waals surface area contributed by atoms with Crippen LogP contribution in [-0.4, -0.2) is 53.0 Å². The molecule has 1 aliphatic rings. The van der Waals surface area contributed by atoms with Crippen molar-refractivity contribution >= 4 is 18.7 Å². The molecule has 1 aliphatic carbocycles. The lowest BCUT2D eigenvalue weighted by molar-refractivity contribution is 0.0136. The lowest BCUT2D eigenvalue weighted by atomic mass is 9.80. The zero-order valence-corrected chi connectivity index (χ0v) is 15.6. The van der Waals surface area contributed by atoms with Gasteiger partial charge in [-0.05, 0) is 51.2 Å². The molecule has 144 valence electrons. The van der Waals surface area contributed by atoms with E-state index in [2.05, 4.69) is 0 Å². The van der Waals surface area contributed by atoms with Crippen molar-refractivity contribution in [2.24, 2.45) is 0 Å². The van der Waals surface area contributed by atoms with Crippen LogP contribution in [0.2, 0.25) is 0 Å². The van der Waals surface area contributed by atoms with Crippen LogP contribution in [0.1, 0.15) is 46.5 Å². The van der Waals surface area contributed by atoms with Crippen LogP contribution < -0.4 is 10.2 Å². The first-order valence-corrected chi connectivity index (χ1v) is 8.95. The van der Waals surface area contributed by atoms with Crippen molar-refractivity contribution in [3.63, 3.8) is 0 Å². The molecule has 8 heteroatoms. The highest BCUT2D eigenvalue weighted by atomic mass is 19.1. The predicted molar refractivity (Wildman–Crippen MR) is 96.9 cm³/mol. The third-order valence-corrected chi connectivity index (χ3v) is 4.24. The van der Waals surface area contributed by atoms with Crippen molar-refractivity contribution in [1.29, 1.82) is 0 Å². The Labute approximate surface area is 154 Å². The normalized spacial score (nSPS) is 15.0. The molecule has 0 spiro atoms. The molecule has 1 saturated carbocycles. The zero-order chi connectivity index (χ0) is 19.3. The fourth-order valence-corrected chi connectivity index (χ4v) is 3.01. The molecule has 0 atom stereocenters. The van der Waals surface area contributed by atoms with Crippen LogP contribution in [-0.2, 0) is 4.74 Å². The summed E-state index contributed by atoms with van der Waals surface area (Å²) >= 11 is 0. The Bertz CT molecular complexity index is 614. The average Bonchev–Trinajstić information content (AvgIpc) is 3.04. The molecule has 2 rings (SSSR count). The highest BCUT2D eigenvalue weighted by molar-refractivity contribution is 6.58. The van der Waals surface area contributed by atoms with E-state index in [0.29, 0.717) is 6.54 Å². The van der Waals surface area contributed by atoms with E-state index in [9.17, 15) is 9.18 Å². The van der Waals surface area contributed by atoms with Gasteiger partial charge in [-0.3, -0.25) is 0 Å². The number of nitrogens with zero attached hydrogens (tertiary/aromatic N) is 1. The quantitative estimate of drug-likeness (QED) is 0.753. The van der Waals surface area contributed by atoms with Gasteiger partial charge in [-0.2, -0.15) is 0 Å². The molecule has 6 nitrogen and oxygen atoms in total. The van der Waals surface area contributed by atoms with Crippen LogP contribution in [0, 0.1) is 5.82 Å². The summed E-state index contributed by atoms with van der Waals surface area (Å²) < 4.78 is 24.9. The molecule has 0 unspecified atom stereocenters. The summed E-state index contributed by atoms with van der Waals surface area (Å²) in [6.45, 7) is 5.87. The summed E-state index contributed by atoms with van der Waals surface area (Å²) in [5.74, 6) is -0.676. The van der Waals surface area contributed by atoms with Crippen LogP contribution in [0.25, 0.3) is 0 Å². The summed E-state index contributed by atoms with van der Waals surface area (Å²) in [4.78, 5) is 14.2. The second kappa shape index (κ2) is 8.73. The monoisotopic (exact) mass is 367 g/mol. The number of ether oxygens (including phenoxy) is 2. The maximum atomic E-state index is 14.0. The second-order valence-electron chi connectivity index (χ2n) is 7.52. The number of rotatable bonds is 6. The molecular weight excluding hydrogens is 340 g/mol. The van der Waals surface area contributed by atoms with Gasteiger partial charge in [0.15, 0.2) is 11.6 Å². The van der Waals surface area contributed by atoms with Gasteiger partial charge in [0.05, 0.1) is 6.54 Å². The minimum absolute atomic E-state index is 0.00459. The number of hydrogen-bond donors (Lipinski definition) is 2. The van der Waals surface area contributed by atoms with Gasteiger partial charge < -0.3 is 24.4 Å². The van der Waals surface area contributed by atoms with E-state index in [1.54, 1.807) is 4.90 Å². The summed E-state index contributed by atoms with van der Waals surface area (Å²) in [5.41, 5.74) is -0.529. The molecule has 0 radical (unpaired) electrons. The van der Waals surface area contributed by atoms with E-state index in [1.807, 2.05) is 20.8 Å². The van der Waals surface area contributed by atoms with Gasteiger partial charge in [0.1, 0.15) is 12.2 Å². The lowest BCUT2D eigenvalue weighted by Gasteiger charge is -2.31. The Hall–Kier alpha value is -1.80. The van der Waals surface area contributed by atoms with Crippen molar-refractivity contribution < 1.29 is 28.7 Å². The first-order valence-electron chi connectivity index (χ1n) is 8.95. The van der Waals surface area contributed by atoms with Gasteiger partial charge in [0.2, 0.25) is 0 Å². The van der Waals surface area contributed by atoms with Gasteiger partial charge in [-0.15, -0.1) is 0 Å². The molecule has 26 heavy (non-hydrogen) atoms. The minimum atomic E-state index is -1.73. The SMILES string of the molecule is CC(C)(C)OC(=O)N(CCOc1ccc(B(O)O)cc1F)C1CCCC1. The molecule has 2 N–H and O–H groups in total. The molecule has 0 heterocycles. The van der Waals surface area contributed by atoms with Crippen LogP contribution >= 0.6 is 0 Å². The highest BCUT2D eigenvalue weighted by Crippen LogP contribution is 2.25. The van der Waals surface area contributed by atoms with Crippen molar-refractivity contribution in [1.82, 2.24) is 4.90 Å². The van der Waals surface area contributed by atoms with E-state index in [1.165, 1.54) is 12.1 Å². The topological polar surface area (TPSA) is 79.2 Å². The Morgan fingerprint density at radius 1 is 1.31 bits per heavy atom. The number of amides is 1. The molecule has 1 fully saturated rings. The largest absolute Gasteiger partial charge is 0.489 e. The number of hydrogen-bond acceptors (Lipinski definition) is 5. The third kappa shape index (κ3) is 5.88. The van der Waals surface area contributed by atoms with Crippen molar-refractivity contribution in [2.45, 2.75) is 58.1 Å². The Balaban J connectivity index is 1.97. The summed E-state index contributed by atoms with van der Waals surface area (Å²) in [6, 6.07) is 3.86. The Kier molecular flexibility index (Phi) is 6.89. The Morgan fingerprint density at radius 3 is 2.50 bits per heavy atom. The van der Waals surface area contributed by atoms with E-state index < -0.39 is 18.5 Å². The van der Waals surface area contributed by atoms with Crippen molar-refractivity contribution in [3.05, 3.63) is 24.0 Å². The van der Waals surface area contributed by atoms with Crippen LogP contribution in [0.5, 0.6) is 5.75 Å². The number of carbonyl (C=O) groups is 1. The maximum absolute atomic E-state index is 14.0. The average molecular weight is 367 g/mol. The smallest absolute Gasteiger partial charge is 0.488 e. The summed E-state index contributed by atoms with van der Waals surface area (Å²) in [5, 5.41) is 18.1. The second-order valence-corrected chi connectivity index (χ2v) is 7.52. The molecular formula is C18H27BFNO5. The fraction of sp³-hybridized carbons (Fsp3) is 0.611. The first kappa shape index (κ1) is 20.5. The molecule has 0 bridgehead atoms. The molecule has 1 amide bonds. The number of halogens is 1. The van der Waals surface area contributed by atoms with Crippen LogP contribution in [0.3, 0.4) is 0 Å². The molecule has 1 aromatic rings. The van der Waals surface area contributed by atoms with Gasteiger partial charge >= 0.3 is 13.2 Å². The number of carbonyl (C=O) groups excluding carboxylic acids is 1. The van der Waals surface area contributed by atoms with Gasteiger partial charge in [0, 0.05) is 6.04 Å². The highest BCUT2D eigenvalue weighted by Gasteiger charge is 2.30. The zero-order valence-electron chi connectivity index (χ0n) is 15.6. The van der Waals surface area contributed by atoms with Crippen molar-refractivity contribution in [2.75, 3.05) is 13.2 Å². The van der Waals surface area contributed by atoms with Crippen molar-refractivity contribution in [3.8, 4) is 5.75 Å². The van der Waals surface area contributed by atoms with Gasteiger partial charge in [-0.25, -0.2) is 9.18 Å². The lowest BCUT2D eigenvalue weighted by Crippen LogP contribution is -2.44. The molecule has 0 saturated heterocycles. The molecule has 0 aliphatic heterocycles.